The number of hydrogen-bond donors (Lipinski definition) is 15. The molecule has 49 heteroatoms. The Kier molecular flexibility index (Phi) is 23.4. The van der Waals surface area contributed by atoms with E-state index in [0.717, 1.165) is 41.3 Å². The van der Waals surface area contributed by atoms with Crippen molar-refractivity contribution in [1.82, 2.24) is 32.3 Å². The van der Waals surface area contributed by atoms with Crippen molar-refractivity contribution in [3.05, 3.63) is 199 Å². The van der Waals surface area contributed by atoms with Gasteiger partial charge >= 0.3 is 0 Å². The maximum atomic E-state index is 14.1. The van der Waals surface area contributed by atoms with Crippen LogP contribution in [-0.2, 0) is 117 Å². The van der Waals surface area contributed by atoms with Crippen molar-refractivity contribution in [3.8, 4) is 0 Å². The van der Waals surface area contributed by atoms with Crippen molar-refractivity contribution in [2.75, 3.05) is 67.5 Å². The largest absolute Gasteiger partial charge is 0.344 e. The van der Waals surface area contributed by atoms with Crippen LogP contribution in [-0.4, -0.2) is 183 Å². The molecule has 9 amide bonds. The first kappa shape index (κ1) is 86.8. The first-order valence-electron chi connectivity index (χ1n) is 34.4. The molecule has 6 aromatic heterocycles. The van der Waals surface area contributed by atoms with Crippen LogP contribution in [0.5, 0.6) is 0 Å². The van der Waals surface area contributed by atoms with Gasteiger partial charge in [0, 0.05) is 113 Å². The highest BCUT2D eigenvalue weighted by molar-refractivity contribution is 7.87. The summed E-state index contributed by atoms with van der Waals surface area (Å²) in [7, 11) is -21.3. The summed E-state index contributed by atoms with van der Waals surface area (Å²) < 4.78 is 212. The van der Waals surface area contributed by atoms with Crippen molar-refractivity contribution in [3.63, 3.8) is 0 Å². The van der Waals surface area contributed by atoms with Crippen LogP contribution in [0.25, 0.3) is 32.3 Å². The Balaban J connectivity index is 0.719. The monoisotopic (exact) mass is 1780 g/mol. The van der Waals surface area contributed by atoms with Gasteiger partial charge < -0.3 is 75.3 Å². The second-order valence-electron chi connectivity index (χ2n) is 27.3. The molecule has 43 nitrogen and oxygen atoms in total. The second kappa shape index (κ2) is 32.6. The van der Waals surface area contributed by atoms with E-state index >= 15 is 0 Å². The topological polar surface area (TPSA) is 621 Å². The Morgan fingerprint density at radius 2 is 0.446 bits per heavy atom. The van der Waals surface area contributed by atoms with Gasteiger partial charge in [-0.3, -0.25) is 75.4 Å². The van der Waals surface area contributed by atoms with Crippen molar-refractivity contribution in [2.45, 2.75) is 29.4 Å². The van der Waals surface area contributed by atoms with Gasteiger partial charge in [-0.1, -0.05) is 18.2 Å². The van der Waals surface area contributed by atoms with Crippen molar-refractivity contribution < 1.29 is 121 Å². The molecule has 12 aromatic rings. The molecule has 6 heterocycles. The van der Waals surface area contributed by atoms with Crippen LogP contribution >= 0.6 is 0 Å². The predicted molar refractivity (Wildman–Crippen MR) is 433 cm³/mol. The van der Waals surface area contributed by atoms with E-state index in [0.29, 0.717) is 18.2 Å². The molecule has 0 aliphatic heterocycles. The summed E-state index contributed by atoms with van der Waals surface area (Å²) in [6.45, 7) is -2.14. The van der Waals surface area contributed by atoms with Gasteiger partial charge in [-0.25, -0.2) is 0 Å². The molecule has 0 bridgehead atoms. The highest BCUT2D eigenvalue weighted by atomic mass is 32.2. The number of hydrogen-bond acceptors (Lipinski definition) is 22. The fourth-order valence-electron chi connectivity index (χ4n) is 12.9. The van der Waals surface area contributed by atoms with Crippen LogP contribution in [0.3, 0.4) is 0 Å². The fourth-order valence-corrected chi connectivity index (χ4v) is 17.0. The average Bonchev–Trinajstić information content (AvgIpc) is 1.45. The molecule has 0 fully saturated rings. The molecule has 0 aliphatic carbocycles. The van der Waals surface area contributed by atoms with E-state index < -0.39 is 163 Å². The number of nitrogens with one attached hydrogen (secondary N) is 9. The summed E-state index contributed by atoms with van der Waals surface area (Å²) in [6, 6.07) is 23.1. The molecule has 15 N–H and O–H groups in total. The minimum atomic E-state index is -5.08. The van der Waals surface area contributed by atoms with Gasteiger partial charge in [0.15, 0.2) is 0 Å². The van der Waals surface area contributed by atoms with E-state index in [1.807, 2.05) is 0 Å². The standard InChI is InChI=1S/C72H66N16O27S6/c1-82-28-43(19-55(82)70(95)79-46-22-58(85(4)31-46)67(92)76-40-10-7-37-13-49(116(98,99)100)25-61(52(37)16-40)119(107,108)109)73-64(89)34-88(35-65(90)74-44-20-56(83(2)29-44)71(96)80-47-23-59(86(5)32-47)68(93)77-41-11-8-38-14-50(117(101,102)103)26-62(53(38)17-41)120(110,111)112)36-66(91)75-45-21-57(84(3)30-45)72(97)81-48-24-60(87(6)33-48)69(94)78-42-12-9-39-15-51(118(104,105)106)27-63(54(39)18-42)121(113,114)115/h7-33H,34-36H2,1-6H3,(H,73,89)(H,74,90)(H,75,91)(H,76,92)(H,77,93)(H,78,94)(H,79,95)(H,80,96)(H,81,97)(H,98,99,100)(H,101,102,103)(H,104,105,106)(H,107,108,109)(H,110,111,112)(H,113,114,115). The highest BCUT2D eigenvalue weighted by Crippen LogP contribution is 2.35. The molecule has 0 atom stereocenters. The average molecular weight is 1780 g/mol. The molecule has 0 radical (unpaired) electrons. The third-order valence-corrected chi connectivity index (χ3v) is 23.5. The fraction of sp³-hybridized carbons (Fsp3) is 0.125. The molecular formula is C72H66N16O27S6. The lowest BCUT2D eigenvalue weighted by Crippen LogP contribution is -2.43. The Morgan fingerprint density at radius 3 is 0.636 bits per heavy atom. The Morgan fingerprint density at radius 1 is 0.256 bits per heavy atom. The van der Waals surface area contributed by atoms with E-state index in [2.05, 4.69) is 47.9 Å². The first-order chi connectivity index (χ1) is 56.3. The van der Waals surface area contributed by atoms with Crippen LogP contribution in [0.1, 0.15) is 62.9 Å². The smallest absolute Gasteiger partial charge is 0.295 e. The van der Waals surface area contributed by atoms with Gasteiger partial charge in [-0.15, -0.1) is 0 Å². The minimum absolute atomic E-state index is 0.0209. The summed E-state index contributed by atoms with van der Waals surface area (Å²) in [4.78, 5) is 121. The van der Waals surface area contributed by atoms with E-state index in [4.69, 9.17) is 0 Å². The van der Waals surface area contributed by atoms with Gasteiger partial charge in [-0.05, 0) is 125 Å². The van der Waals surface area contributed by atoms with Crippen LogP contribution in [0.15, 0.2) is 194 Å². The molecule has 121 heavy (non-hydrogen) atoms. The van der Waals surface area contributed by atoms with Crippen molar-refractivity contribution >= 4 is 197 Å². The zero-order valence-corrected chi connectivity index (χ0v) is 67.9. The third-order valence-electron chi connectivity index (χ3n) is 18.3. The third kappa shape index (κ3) is 19.9. The van der Waals surface area contributed by atoms with Crippen LogP contribution in [0.4, 0.5) is 51.2 Å². The number of amides is 9. The zero-order chi connectivity index (χ0) is 88.4. The first-order valence-corrected chi connectivity index (χ1v) is 43.0. The number of rotatable bonds is 27. The minimum Gasteiger partial charge on any atom is -0.344 e. The summed E-state index contributed by atoms with van der Waals surface area (Å²) in [5.74, 6) is -7.17. The van der Waals surface area contributed by atoms with E-state index in [1.165, 1.54) is 180 Å². The SMILES string of the molecule is Cn1cc(NC(=O)CN(CC(=O)Nc2cc(C(=O)Nc3cc(C(=O)Nc4ccc5cc(S(=O)(=O)O)cc(S(=O)(=O)O)c5c4)n(C)c3)n(C)c2)CC(=O)Nc2cc(C(=O)Nc3cc(C(=O)Nc4ccc5cc(S(=O)(=O)O)cc(S(=O)(=O)O)c5c4)n(C)c3)n(C)c2)cc1C(=O)Nc1cc(C(=O)Nc2ccc3cc(S(=O)(=O)O)cc(S(=O)(=O)O)c3c2)n(C)c1. The number of carbonyl (C=O) groups excluding carboxylic acids is 9. The molecule has 12 rings (SSSR count). The van der Waals surface area contributed by atoms with Crippen LogP contribution in [0.2, 0.25) is 0 Å². The maximum Gasteiger partial charge on any atom is 0.295 e. The Labute approximate surface area is 684 Å². The van der Waals surface area contributed by atoms with Gasteiger partial charge in [-0.2, -0.15) is 50.5 Å². The number of aryl methyl sites for hydroxylation is 6. The molecule has 0 spiro atoms. The summed E-state index contributed by atoms with van der Waals surface area (Å²) in [6.07, 6.45) is 8.17. The summed E-state index contributed by atoms with van der Waals surface area (Å²) in [5.41, 5.74) is -0.0451. The predicted octanol–water partition coefficient (Wildman–Crippen LogP) is 5.69. The van der Waals surface area contributed by atoms with Gasteiger partial charge in [0.05, 0.1) is 68.4 Å². The van der Waals surface area contributed by atoms with Crippen molar-refractivity contribution in [1.29, 1.82) is 0 Å². The van der Waals surface area contributed by atoms with E-state index in [1.54, 1.807) is 0 Å². The lowest BCUT2D eigenvalue weighted by Gasteiger charge is -2.20. The van der Waals surface area contributed by atoms with E-state index in [-0.39, 0.29) is 118 Å². The summed E-state index contributed by atoms with van der Waals surface area (Å²) in [5, 5.41) is 22.7. The van der Waals surface area contributed by atoms with Gasteiger partial charge in [0.25, 0.3) is 96.2 Å². The summed E-state index contributed by atoms with van der Waals surface area (Å²) >= 11 is 0. The molecule has 632 valence electrons. The lowest BCUT2D eigenvalue weighted by molar-refractivity contribution is -0.122. The lowest BCUT2D eigenvalue weighted by atomic mass is 10.1. The maximum absolute atomic E-state index is 14.1. The molecule has 0 saturated heterocycles. The van der Waals surface area contributed by atoms with E-state index in [9.17, 15) is 121 Å². The normalized spacial score (nSPS) is 12.2. The number of carbonyl (C=O) groups is 9. The van der Waals surface area contributed by atoms with Crippen molar-refractivity contribution in [2.24, 2.45) is 42.3 Å². The highest BCUT2D eigenvalue weighted by Gasteiger charge is 2.29. The number of anilines is 9. The number of fused-ring (bicyclic) bond motifs is 3. The number of aromatic nitrogens is 6. The van der Waals surface area contributed by atoms with Gasteiger partial charge in [0.1, 0.15) is 48.9 Å². The quantitative estimate of drug-likeness (QED) is 0.0275. The molecule has 6 aromatic carbocycles. The van der Waals surface area contributed by atoms with Crippen LogP contribution in [0, 0.1) is 0 Å². The Hall–Kier alpha value is -13.6. The number of nitrogens with zero attached hydrogens (tertiary/aromatic N) is 7. The Bertz CT molecular complexity index is 6550. The zero-order valence-electron chi connectivity index (χ0n) is 63.0. The number of benzene rings is 6. The molecule has 0 saturated carbocycles. The van der Waals surface area contributed by atoms with Crippen LogP contribution < -0.4 is 47.9 Å². The molecule has 0 aliphatic rings. The second-order valence-corrected chi connectivity index (χ2v) is 35.7. The van der Waals surface area contributed by atoms with Gasteiger partial charge in [0.2, 0.25) is 17.7 Å². The molecule has 0 unspecified atom stereocenters. The molecular weight excluding hydrogens is 1710 g/mol.